The SMILES string of the molecule is CC=COc1cccc2c(OC=CC)cccc12. The van der Waals surface area contributed by atoms with Crippen LogP contribution < -0.4 is 9.47 Å². The third-order valence-corrected chi connectivity index (χ3v) is 2.50. The van der Waals surface area contributed by atoms with E-state index in [9.17, 15) is 0 Å². The second-order valence-electron chi connectivity index (χ2n) is 3.78. The summed E-state index contributed by atoms with van der Waals surface area (Å²) < 4.78 is 11.1. The van der Waals surface area contributed by atoms with Gasteiger partial charge in [0, 0.05) is 10.8 Å². The van der Waals surface area contributed by atoms with E-state index < -0.39 is 0 Å². The lowest BCUT2D eigenvalue weighted by Gasteiger charge is -2.08. The summed E-state index contributed by atoms with van der Waals surface area (Å²) in [5.74, 6) is 1.66. The summed E-state index contributed by atoms with van der Waals surface area (Å²) in [5, 5.41) is 2.08. The smallest absolute Gasteiger partial charge is 0.134 e. The molecule has 0 aromatic heterocycles. The molecule has 2 heteroatoms. The highest BCUT2D eigenvalue weighted by Gasteiger charge is 2.05. The van der Waals surface area contributed by atoms with Crippen molar-refractivity contribution in [1.82, 2.24) is 0 Å². The van der Waals surface area contributed by atoms with Crippen LogP contribution in [0.2, 0.25) is 0 Å². The maximum absolute atomic E-state index is 5.57. The molecule has 0 fully saturated rings. The Morgan fingerprint density at radius 1 is 0.722 bits per heavy atom. The van der Waals surface area contributed by atoms with Gasteiger partial charge in [-0.25, -0.2) is 0 Å². The van der Waals surface area contributed by atoms with Crippen LogP contribution in [0.3, 0.4) is 0 Å². The summed E-state index contributed by atoms with van der Waals surface area (Å²) in [6, 6.07) is 11.9. The Kier molecular flexibility index (Phi) is 4.02. The Morgan fingerprint density at radius 2 is 1.17 bits per heavy atom. The molecule has 18 heavy (non-hydrogen) atoms. The standard InChI is InChI=1S/C16H16O2/c1-3-11-17-15-9-5-8-14-13(15)7-6-10-16(14)18-12-4-2/h3-12H,1-2H3. The summed E-state index contributed by atoms with van der Waals surface area (Å²) in [5.41, 5.74) is 0. The first kappa shape index (κ1) is 12.2. The average Bonchev–Trinajstić information content (AvgIpc) is 2.42. The number of hydrogen-bond donors (Lipinski definition) is 0. The second kappa shape index (κ2) is 5.92. The first-order chi connectivity index (χ1) is 8.86. The third kappa shape index (κ3) is 2.54. The van der Waals surface area contributed by atoms with Crippen molar-refractivity contribution >= 4 is 10.8 Å². The summed E-state index contributed by atoms with van der Waals surface area (Å²) in [6.45, 7) is 3.84. The zero-order valence-corrected chi connectivity index (χ0v) is 10.6. The summed E-state index contributed by atoms with van der Waals surface area (Å²) in [7, 11) is 0. The monoisotopic (exact) mass is 240 g/mol. The zero-order valence-electron chi connectivity index (χ0n) is 10.6. The maximum atomic E-state index is 5.57. The van der Waals surface area contributed by atoms with Crippen molar-refractivity contribution < 1.29 is 9.47 Å². The van der Waals surface area contributed by atoms with Gasteiger partial charge in [0.1, 0.15) is 11.5 Å². The van der Waals surface area contributed by atoms with Crippen molar-refractivity contribution in [2.75, 3.05) is 0 Å². The molecule has 2 aromatic carbocycles. The number of rotatable bonds is 4. The number of allylic oxidation sites excluding steroid dienone is 2. The molecule has 0 unspecified atom stereocenters. The molecule has 0 amide bonds. The highest BCUT2D eigenvalue weighted by Crippen LogP contribution is 2.32. The summed E-state index contributed by atoms with van der Waals surface area (Å²) in [6.07, 6.45) is 7.07. The van der Waals surface area contributed by atoms with E-state index in [4.69, 9.17) is 9.47 Å². The molecule has 92 valence electrons. The van der Waals surface area contributed by atoms with E-state index in [0.717, 1.165) is 22.3 Å². The second-order valence-corrected chi connectivity index (χ2v) is 3.78. The molecular weight excluding hydrogens is 224 g/mol. The van der Waals surface area contributed by atoms with Crippen LogP contribution in [-0.4, -0.2) is 0 Å². The van der Waals surface area contributed by atoms with Gasteiger partial charge in [0.2, 0.25) is 0 Å². The van der Waals surface area contributed by atoms with E-state index >= 15 is 0 Å². The lowest BCUT2D eigenvalue weighted by atomic mass is 10.1. The minimum atomic E-state index is 0.830. The molecule has 0 saturated heterocycles. The van der Waals surface area contributed by atoms with Crippen LogP contribution in [0, 0.1) is 0 Å². The fourth-order valence-electron chi connectivity index (χ4n) is 1.74. The van der Waals surface area contributed by atoms with Crippen LogP contribution in [0.25, 0.3) is 10.8 Å². The van der Waals surface area contributed by atoms with Gasteiger partial charge < -0.3 is 9.47 Å². The Hall–Kier alpha value is -2.22. The maximum Gasteiger partial charge on any atom is 0.134 e. The van der Waals surface area contributed by atoms with Crippen molar-refractivity contribution in [2.24, 2.45) is 0 Å². The van der Waals surface area contributed by atoms with Gasteiger partial charge in [-0.2, -0.15) is 0 Å². The lowest BCUT2D eigenvalue weighted by molar-refractivity contribution is 0.481. The van der Waals surface area contributed by atoms with Gasteiger partial charge in [-0.3, -0.25) is 0 Å². The minimum Gasteiger partial charge on any atom is -0.465 e. The molecule has 2 nitrogen and oxygen atoms in total. The van der Waals surface area contributed by atoms with Crippen LogP contribution in [0.5, 0.6) is 11.5 Å². The van der Waals surface area contributed by atoms with Gasteiger partial charge in [-0.15, -0.1) is 0 Å². The highest BCUT2D eigenvalue weighted by atomic mass is 16.5. The highest BCUT2D eigenvalue weighted by molar-refractivity contribution is 5.93. The molecule has 0 aliphatic carbocycles. The van der Waals surface area contributed by atoms with Gasteiger partial charge in [0.05, 0.1) is 12.5 Å². The Bertz CT molecular complexity index is 529. The molecular formula is C16H16O2. The Labute approximate surface area is 107 Å². The minimum absolute atomic E-state index is 0.830. The van der Waals surface area contributed by atoms with E-state index in [1.807, 2.05) is 62.4 Å². The molecule has 0 spiro atoms. The predicted molar refractivity (Wildman–Crippen MR) is 74.8 cm³/mol. The zero-order chi connectivity index (χ0) is 12.8. The van der Waals surface area contributed by atoms with Crippen molar-refractivity contribution in [3.63, 3.8) is 0 Å². The van der Waals surface area contributed by atoms with Crippen LogP contribution >= 0.6 is 0 Å². The molecule has 0 heterocycles. The van der Waals surface area contributed by atoms with E-state index in [-0.39, 0.29) is 0 Å². The molecule has 0 atom stereocenters. The molecule has 0 aliphatic rings. The quantitative estimate of drug-likeness (QED) is 0.723. The predicted octanol–water partition coefficient (Wildman–Crippen LogP) is 4.66. The van der Waals surface area contributed by atoms with E-state index in [0.29, 0.717) is 0 Å². The number of hydrogen-bond acceptors (Lipinski definition) is 2. The van der Waals surface area contributed by atoms with Gasteiger partial charge in [-0.1, -0.05) is 36.4 Å². The summed E-state index contributed by atoms with van der Waals surface area (Å²) in [4.78, 5) is 0. The number of ether oxygens (including phenoxy) is 2. The number of fused-ring (bicyclic) bond motifs is 1. The van der Waals surface area contributed by atoms with Gasteiger partial charge >= 0.3 is 0 Å². The Balaban J connectivity index is 2.50. The Morgan fingerprint density at radius 3 is 1.56 bits per heavy atom. The molecule has 2 rings (SSSR count). The average molecular weight is 240 g/mol. The van der Waals surface area contributed by atoms with E-state index in [2.05, 4.69) is 0 Å². The van der Waals surface area contributed by atoms with Gasteiger partial charge in [-0.05, 0) is 26.0 Å². The third-order valence-electron chi connectivity index (χ3n) is 2.50. The van der Waals surface area contributed by atoms with Gasteiger partial charge in [0.15, 0.2) is 0 Å². The molecule has 0 radical (unpaired) electrons. The fraction of sp³-hybridized carbons (Fsp3) is 0.125. The lowest BCUT2D eigenvalue weighted by Crippen LogP contribution is -1.87. The van der Waals surface area contributed by atoms with Crippen molar-refractivity contribution in [3.05, 3.63) is 61.1 Å². The molecule has 0 aliphatic heterocycles. The van der Waals surface area contributed by atoms with Crippen LogP contribution in [0.15, 0.2) is 61.1 Å². The van der Waals surface area contributed by atoms with E-state index in [1.54, 1.807) is 12.5 Å². The molecule has 0 N–H and O–H groups in total. The van der Waals surface area contributed by atoms with Gasteiger partial charge in [0.25, 0.3) is 0 Å². The molecule has 0 bridgehead atoms. The van der Waals surface area contributed by atoms with Crippen molar-refractivity contribution in [1.29, 1.82) is 0 Å². The van der Waals surface area contributed by atoms with Crippen molar-refractivity contribution in [2.45, 2.75) is 13.8 Å². The summed E-state index contributed by atoms with van der Waals surface area (Å²) >= 11 is 0. The fourth-order valence-corrected chi connectivity index (χ4v) is 1.74. The van der Waals surface area contributed by atoms with Crippen LogP contribution in [0.1, 0.15) is 13.8 Å². The normalized spacial score (nSPS) is 11.4. The number of benzene rings is 2. The van der Waals surface area contributed by atoms with E-state index in [1.165, 1.54) is 0 Å². The first-order valence-electron chi connectivity index (χ1n) is 5.94. The van der Waals surface area contributed by atoms with Crippen LogP contribution in [0.4, 0.5) is 0 Å². The largest absolute Gasteiger partial charge is 0.465 e. The first-order valence-corrected chi connectivity index (χ1v) is 5.94. The topological polar surface area (TPSA) is 18.5 Å². The molecule has 2 aromatic rings. The van der Waals surface area contributed by atoms with Crippen LogP contribution in [-0.2, 0) is 0 Å². The van der Waals surface area contributed by atoms with Crippen molar-refractivity contribution in [3.8, 4) is 11.5 Å². The molecule has 0 saturated carbocycles.